The molecule has 2 aliphatic rings. The Kier molecular flexibility index (Phi) is 3.71. The summed E-state index contributed by atoms with van der Waals surface area (Å²) in [6.07, 6.45) is 0.825. The molecule has 122 valence electrons. The number of anilines is 1. The summed E-state index contributed by atoms with van der Waals surface area (Å²) in [4.78, 5) is 16.1. The highest BCUT2D eigenvalue weighted by Crippen LogP contribution is 2.42. The van der Waals surface area contributed by atoms with E-state index >= 15 is 0 Å². The molecule has 2 aliphatic heterocycles. The first-order chi connectivity index (χ1) is 10.8. The normalized spacial score (nSPS) is 19.4. The average Bonchev–Trinajstić information content (AvgIpc) is 2.89. The number of amides is 1. The second-order valence-corrected chi connectivity index (χ2v) is 7.64. The van der Waals surface area contributed by atoms with E-state index in [0.29, 0.717) is 5.56 Å². The number of benzene rings is 1. The Morgan fingerprint density at radius 3 is 2.61 bits per heavy atom. The molecule has 0 radical (unpaired) electrons. The second kappa shape index (κ2) is 5.45. The Bertz CT molecular complexity index is 651. The minimum atomic E-state index is -0.451. The van der Waals surface area contributed by atoms with Crippen LogP contribution in [-0.2, 0) is 4.74 Å². The maximum absolute atomic E-state index is 12.1. The molecule has 1 aromatic carbocycles. The highest BCUT2D eigenvalue weighted by molar-refractivity contribution is 5.70. The number of nitrogens with zero attached hydrogens (tertiary/aromatic N) is 3. The summed E-state index contributed by atoms with van der Waals surface area (Å²) >= 11 is 0. The minimum absolute atomic E-state index is 0.152. The quantitative estimate of drug-likeness (QED) is 0.800. The van der Waals surface area contributed by atoms with Crippen molar-refractivity contribution in [2.45, 2.75) is 32.8 Å². The van der Waals surface area contributed by atoms with Gasteiger partial charge in [0.25, 0.3) is 0 Å². The van der Waals surface area contributed by atoms with Crippen molar-refractivity contribution in [1.29, 1.82) is 5.26 Å². The summed E-state index contributed by atoms with van der Waals surface area (Å²) in [5.41, 5.74) is 1.42. The minimum Gasteiger partial charge on any atom is -0.444 e. The van der Waals surface area contributed by atoms with Crippen molar-refractivity contribution in [2.24, 2.45) is 5.41 Å². The van der Waals surface area contributed by atoms with Crippen molar-refractivity contribution in [1.82, 2.24) is 4.90 Å². The number of ether oxygens (including phenoxy) is 1. The third-order valence-corrected chi connectivity index (χ3v) is 4.51. The number of carbonyl (C=O) groups excluding carboxylic acids is 1. The van der Waals surface area contributed by atoms with Crippen LogP contribution in [0.3, 0.4) is 0 Å². The van der Waals surface area contributed by atoms with Crippen molar-refractivity contribution in [3.63, 3.8) is 0 Å². The number of nitriles is 1. The Morgan fingerprint density at radius 1 is 1.26 bits per heavy atom. The second-order valence-electron chi connectivity index (χ2n) is 7.64. The van der Waals surface area contributed by atoms with E-state index in [1.807, 2.05) is 45.0 Å². The van der Waals surface area contributed by atoms with Gasteiger partial charge in [-0.1, -0.05) is 12.1 Å². The lowest BCUT2D eigenvalue weighted by molar-refractivity contribution is -0.0266. The monoisotopic (exact) mass is 313 g/mol. The van der Waals surface area contributed by atoms with Gasteiger partial charge < -0.3 is 14.5 Å². The van der Waals surface area contributed by atoms with E-state index in [9.17, 15) is 10.1 Å². The predicted molar refractivity (Wildman–Crippen MR) is 88.2 cm³/mol. The lowest BCUT2D eigenvalue weighted by atomic mass is 9.79. The van der Waals surface area contributed by atoms with Crippen LogP contribution in [0.15, 0.2) is 24.3 Å². The summed E-state index contributed by atoms with van der Waals surface area (Å²) < 4.78 is 5.42. The Labute approximate surface area is 137 Å². The van der Waals surface area contributed by atoms with Crippen LogP contribution in [0.1, 0.15) is 32.8 Å². The molecule has 3 rings (SSSR count). The van der Waals surface area contributed by atoms with E-state index in [0.717, 1.165) is 38.3 Å². The largest absolute Gasteiger partial charge is 0.444 e. The molecule has 5 nitrogen and oxygen atoms in total. The molecular formula is C18H23N3O2. The van der Waals surface area contributed by atoms with Gasteiger partial charge in [-0.2, -0.15) is 5.26 Å². The van der Waals surface area contributed by atoms with Gasteiger partial charge in [-0.05, 0) is 39.3 Å². The zero-order chi connectivity index (χ0) is 16.7. The molecule has 0 unspecified atom stereocenters. The fourth-order valence-electron chi connectivity index (χ4n) is 3.46. The van der Waals surface area contributed by atoms with Crippen LogP contribution < -0.4 is 4.90 Å². The van der Waals surface area contributed by atoms with Crippen LogP contribution in [0.4, 0.5) is 10.5 Å². The van der Waals surface area contributed by atoms with Crippen molar-refractivity contribution in [3.8, 4) is 6.07 Å². The first-order valence-electron chi connectivity index (χ1n) is 8.04. The van der Waals surface area contributed by atoms with Gasteiger partial charge >= 0.3 is 6.09 Å². The van der Waals surface area contributed by atoms with Gasteiger partial charge in [0, 0.05) is 31.6 Å². The molecule has 1 amide bonds. The average molecular weight is 313 g/mol. The van der Waals surface area contributed by atoms with Crippen molar-refractivity contribution in [2.75, 3.05) is 31.1 Å². The van der Waals surface area contributed by atoms with Gasteiger partial charge in [0.2, 0.25) is 0 Å². The van der Waals surface area contributed by atoms with Crippen LogP contribution in [0.5, 0.6) is 0 Å². The number of hydrogen-bond donors (Lipinski definition) is 0. The lowest BCUT2D eigenvalue weighted by Crippen LogP contribution is -2.60. The summed E-state index contributed by atoms with van der Waals surface area (Å²) in [6, 6.07) is 9.98. The highest BCUT2D eigenvalue weighted by Gasteiger charge is 2.50. The molecule has 0 aliphatic carbocycles. The number of rotatable bonds is 1. The molecule has 0 N–H and O–H groups in total. The van der Waals surface area contributed by atoms with Crippen LogP contribution >= 0.6 is 0 Å². The zero-order valence-electron chi connectivity index (χ0n) is 14.0. The van der Waals surface area contributed by atoms with Crippen molar-refractivity contribution >= 4 is 11.8 Å². The van der Waals surface area contributed by atoms with Gasteiger partial charge in [-0.15, -0.1) is 0 Å². The van der Waals surface area contributed by atoms with Gasteiger partial charge in [0.15, 0.2) is 0 Å². The topological polar surface area (TPSA) is 56.6 Å². The smallest absolute Gasteiger partial charge is 0.410 e. The Hall–Kier alpha value is -2.22. The van der Waals surface area contributed by atoms with Gasteiger partial charge in [-0.3, -0.25) is 0 Å². The molecular weight excluding hydrogens is 290 g/mol. The maximum atomic E-state index is 12.1. The van der Waals surface area contributed by atoms with Crippen LogP contribution in [0.25, 0.3) is 0 Å². The molecule has 2 fully saturated rings. The molecule has 0 bridgehead atoms. The predicted octanol–water partition coefficient (Wildman–Crippen LogP) is 3.01. The number of likely N-dealkylation sites (tertiary alicyclic amines) is 1. The third kappa shape index (κ3) is 3.12. The van der Waals surface area contributed by atoms with E-state index < -0.39 is 5.60 Å². The Balaban J connectivity index is 1.62. The van der Waals surface area contributed by atoms with Crippen LogP contribution in [0, 0.1) is 16.7 Å². The fraction of sp³-hybridized carbons (Fsp3) is 0.556. The standard InChI is InChI=1S/C18H23N3O2/c1-17(2,3)23-16(22)21-12-18(13-21)8-9-20(11-18)15-7-5-4-6-14(15)10-19/h4-7H,8-9,11-13H2,1-3H3. The zero-order valence-corrected chi connectivity index (χ0v) is 14.0. The molecule has 2 saturated heterocycles. The molecule has 0 atom stereocenters. The molecule has 0 saturated carbocycles. The lowest BCUT2D eigenvalue weighted by Gasteiger charge is -2.47. The van der Waals surface area contributed by atoms with E-state index in [-0.39, 0.29) is 11.5 Å². The summed E-state index contributed by atoms with van der Waals surface area (Å²) in [7, 11) is 0. The SMILES string of the molecule is CC(C)(C)OC(=O)N1CC2(CCN(c3ccccc3C#N)C2)C1. The fourth-order valence-corrected chi connectivity index (χ4v) is 3.46. The van der Waals surface area contributed by atoms with E-state index in [2.05, 4.69) is 11.0 Å². The van der Waals surface area contributed by atoms with Crippen LogP contribution in [-0.4, -0.2) is 42.8 Å². The van der Waals surface area contributed by atoms with Crippen molar-refractivity contribution in [3.05, 3.63) is 29.8 Å². The molecule has 1 aromatic rings. The number of para-hydroxylation sites is 1. The van der Waals surface area contributed by atoms with E-state index in [1.54, 1.807) is 4.90 Å². The highest BCUT2D eigenvalue weighted by atomic mass is 16.6. The number of carbonyl (C=O) groups is 1. The first kappa shape index (κ1) is 15.7. The molecule has 1 spiro atoms. The summed E-state index contributed by atoms with van der Waals surface area (Å²) in [5, 5.41) is 9.26. The molecule has 2 heterocycles. The van der Waals surface area contributed by atoms with E-state index in [4.69, 9.17) is 4.74 Å². The van der Waals surface area contributed by atoms with E-state index in [1.165, 1.54) is 0 Å². The maximum Gasteiger partial charge on any atom is 0.410 e. The summed E-state index contributed by atoms with van der Waals surface area (Å²) in [5.74, 6) is 0. The Morgan fingerprint density at radius 2 is 1.96 bits per heavy atom. The number of hydrogen-bond acceptors (Lipinski definition) is 4. The van der Waals surface area contributed by atoms with Gasteiger partial charge in [-0.25, -0.2) is 4.79 Å². The van der Waals surface area contributed by atoms with Gasteiger partial charge in [0.1, 0.15) is 11.7 Å². The first-order valence-corrected chi connectivity index (χ1v) is 8.04. The third-order valence-electron chi connectivity index (χ3n) is 4.51. The van der Waals surface area contributed by atoms with Crippen LogP contribution in [0.2, 0.25) is 0 Å². The molecule has 23 heavy (non-hydrogen) atoms. The van der Waals surface area contributed by atoms with Gasteiger partial charge in [0.05, 0.1) is 11.3 Å². The molecule has 5 heteroatoms. The van der Waals surface area contributed by atoms with Crippen molar-refractivity contribution < 1.29 is 9.53 Å². The summed E-state index contributed by atoms with van der Waals surface area (Å²) in [6.45, 7) is 8.97. The molecule has 0 aromatic heterocycles.